The number of carbonyl (C=O) groups is 1. The summed E-state index contributed by atoms with van der Waals surface area (Å²) in [5, 5.41) is 26.5. The molecule has 104 valence electrons. The summed E-state index contributed by atoms with van der Waals surface area (Å²) in [6.07, 6.45) is 0. The van der Waals surface area contributed by atoms with Crippen molar-refractivity contribution in [2.24, 2.45) is 0 Å². The van der Waals surface area contributed by atoms with E-state index >= 15 is 0 Å². The number of nitrogens with one attached hydrogen (secondary N) is 1. The van der Waals surface area contributed by atoms with Crippen molar-refractivity contribution in [1.29, 1.82) is 0 Å². The molecule has 0 aliphatic rings. The van der Waals surface area contributed by atoms with Crippen molar-refractivity contribution < 1.29 is 14.8 Å². The first-order valence-corrected chi connectivity index (χ1v) is 6.57. The first-order valence-electron chi connectivity index (χ1n) is 5.63. The number of hydrogen-bond donors (Lipinski definition) is 2. The maximum absolute atomic E-state index is 10.9. The second-order valence-electron chi connectivity index (χ2n) is 4.06. The van der Waals surface area contributed by atoms with Gasteiger partial charge in [0.15, 0.2) is 5.69 Å². The Balaban J connectivity index is 2.28. The van der Waals surface area contributed by atoms with Gasteiger partial charge in [-0.05, 0) is 34.9 Å². The number of aryl methyl sites for hydroxylation is 1. The van der Waals surface area contributed by atoms with Gasteiger partial charge < -0.3 is 10.4 Å². The largest absolute Gasteiger partial charge is 0.477 e. The Morgan fingerprint density at radius 1 is 1.50 bits per heavy atom. The molecule has 2 aromatic heterocycles. The van der Waals surface area contributed by atoms with Gasteiger partial charge >= 0.3 is 11.7 Å². The minimum absolute atomic E-state index is 0.0412. The second-order valence-corrected chi connectivity index (χ2v) is 4.80. The molecule has 2 rings (SSSR count). The van der Waals surface area contributed by atoms with E-state index in [1.807, 2.05) is 17.7 Å². The van der Waals surface area contributed by atoms with Crippen molar-refractivity contribution in [1.82, 2.24) is 4.98 Å². The van der Waals surface area contributed by atoms with Gasteiger partial charge in [0.25, 0.3) is 0 Å². The number of nitrogens with zero attached hydrogens (tertiary/aromatic N) is 2. The van der Waals surface area contributed by atoms with E-state index in [0.29, 0.717) is 6.54 Å². The molecule has 0 saturated heterocycles. The van der Waals surface area contributed by atoms with E-state index in [1.54, 1.807) is 0 Å². The summed E-state index contributed by atoms with van der Waals surface area (Å²) in [5.74, 6) is -1.27. The summed E-state index contributed by atoms with van der Waals surface area (Å²) in [5.41, 5.74) is 1.58. The number of carboxylic acids is 1. The van der Waals surface area contributed by atoms with Crippen LogP contribution in [0.3, 0.4) is 0 Å². The van der Waals surface area contributed by atoms with Crippen LogP contribution in [-0.4, -0.2) is 21.0 Å². The number of aromatic carboxylic acids is 1. The van der Waals surface area contributed by atoms with E-state index in [-0.39, 0.29) is 17.2 Å². The fraction of sp³-hybridized carbons (Fsp3) is 0.167. The standard InChI is InChI=1S/C12H11N3O4S/c1-7-5-20-6-8(7)4-13-11-10(15(18)19)3-2-9(14-11)12(16)17/h2-3,5-6H,4H2,1H3,(H,13,14)(H,16,17). The van der Waals surface area contributed by atoms with Crippen LogP contribution >= 0.6 is 11.3 Å². The Kier molecular flexibility index (Phi) is 3.94. The van der Waals surface area contributed by atoms with E-state index in [4.69, 9.17) is 5.11 Å². The molecule has 0 unspecified atom stereocenters. The van der Waals surface area contributed by atoms with Crippen LogP contribution in [-0.2, 0) is 6.54 Å². The SMILES string of the molecule is Cc1cscc1CNc1nc(C(=O)O)ccc1[N+](=O)[O-]. The fourth-order valence-electron chi connectivity index (χ4n) is 1.60. The van der Waals surface area contributed by atoms with E-state index in [2.05, 4.69) is 10.3 Å². The highest BCUT2D eigenvalue weighted by Crippen LogP contribution is 2.23. The highest BCUT2D eigenvalue weighted by Gasteiger charge is 2.18. The number of carboxylic acid groups (broad SMARTS) is 1. The lowest BCUT2D eigenvalue weighted by Crippen LogP contribution is -2.08. The van der Waals surface area contributed by atoms with Crippen molar-refractivity contribution in [3.05, 3.63) is 49.8 Å². The van der Waals surface area contributed by atoms with Crippen molar-refractivity contribution in [2.45, 2.75) is 13.5 Å². The van der Waals surface area contributed by atoms with Crippen LogP contribution < -0.4 is 5.32 Å². The zero-order valence-electron chi connectivity index (χ0n) is 10.5. The highest BCUT2D eigenvalue weighted by atomic mass is 32.1. The quantitative estimate of drug-likeness (QED) is 0.648. The molecule has 0 radical (unpaired) electrons. The number of nitro groups is 1. The Morgan fingerprint density at radius 2 is 2.25 bits per heavy atom. The van der Waals surface area contributed by atoms with Crippen LogP contribution in [0.1, 0.15) is 21.6 Å². The first kappa shape index (κ1) is 13.9. The molecule has 2 heterocycles. The fourth-order valence-corrected chi connectivity index (χ4v) is 2.45. The van der Waals surface area contributed by atoms with Crippen molar-refractivity contribution in [3.8, 4) is 0 Å². The van der Waals surface area contributed by atoms with E-state index in [9.17, 15) is 14.9 Å². The van der Waals surface area contributed by atoms with E-state index in [0.717, 1.165) is 23.3 Å². The predicted molar refractivity (Wildman–Crippen MR) is 74.2 cm³/mol. The van der Waals surface area contributed by atoms with Crippen molar-refractivity contribution >= 4 is 28.8 Å². The minimum atomic E-state index is -1.23. The molecule has 0 aliphatic carbocycles. The minimum Gasteiger partial charge on any atom is -0.477 e. The van der Waals surface area contributed by atoms with Crippen molar-refractivity contribution in [2.75, 3.05) is 5.32 Å². The topological polar surface area (TPSA) is 105 Å². The second kappa shape index (κ2) is 5.66. The van der Waals surface area contributed by atoms with Gasteiger partial charge in [-0.3, -0.25) is 10.1 Å². The zero-order valence-corrected chi connectivity index (χ0v) is 11.3. The van der Waals surface area contributed by atoms with Crippen LogP contribution in [0.15, 0.2) is 22.9 Å². The van der Waals surface area contributed by atoms with Crippen LogP contribution in [0.2, 0.25) is 0 Å². The van der Waals surface area contributed by atoms with Gasteiger partial charge in [0, 0.05) is 12.6 Å². The molecule has 2 N–H and O–H groups in total. The third-order valence-corrected chi connectivity index (χ3v) is 3.61. The smallest absolute Gasteiger partial charge is 0.354 e. The number of anilines is 1. The molecule has 0 aromatic carbocycles. The molecule has 0 saturated carbocycles. The molecule has 7 nitrogen and oxygen atoms in total. The van der Waals surface area contributed by atoms with Gasteiger partial charge in [-0.1, -0.05) is 0 Å². The molecule has 0 bridgehead atoms. The molecule has 0 aliphatic heterocycles. The highest BCUT2D eigenvalue weighted by molar-refractivity contribution is 7.08. The predicted octanol–water partition coefficient (Wildman–Crippen LogP) is 2.67. The third-order valence-electron chi connectivity index (χ3n) is 2.70. The molecule has 0 atom stereocenters. The maximum Gasteiger partial charge on any atom is 0.354 e. The third kappa shape index (κ3) is 2.91. The average molecular weight is 293 g/mol. The molecule has 20 heavy (non-hydrogen) atoms. The van der Waals surface area contributed by atoms with Crippen LogP contribution in [0.5, 0.6) is 0 Å². The maximum atomic E-state index is 10.9. The number of thiophene rings is 1. The normalized spacial score (nSPS) is 10.2. The van der Waals surface area contributed by atoms with Gasteiger partial charge in [-0.2, -0.15) is 11.3 Å². The molecule has 0 amide bonds. The number of pyridine rings is 1. The van der Waals surface area contributed by atoms with Gasteiger partial charge in [-0.15, -0.1) is 0 Å². The van der Waals surface area contributed by atoms with Gasteiger partial charge in [0.1, 0.15) is 0 Å². The van der Waals surface area contributed by atoms with E-state index in [1.165, 1.54) is 11.3 Å². The summed E-state index contributed by atoms with van der Waals surface area (Å²) in [4.78, 5) is 25.0. The van der Waals surface area contributed by atoms with Crippen molar-refractivity contribution in [3.63, 3.8) is 0 Å². The first-order chi connectivity index (χ1) is 9.49. The molecule has 2 aromatic rings. The number of hydrogen-bond acceptors (Lipinski definition) is 6. The van der Waals surface area contributed by atoms with Gasteiger partial charge in [0.05, 0.1) is 4.92 Å². The van der Waals surface area contributed by atoms with Crippen LogP contribution in [0.4, 0.5) is 11.5 Å². The molecule has 8 heteroatoms. The lowest BCUT2D eigenvalue weighted by atomic mass is 10.2. The Hall–Kier alpha value is -2.48. The molecular weight excluding hydrogens is 282 g/mol. The Labute approximate surface area is 118 Å². The van der Waals surface area contributed by atoms with Crippen LogP contribution in [0, 0.1) is 17.0 Å². The lowest BCUT2D eigenvalue weighted by Gasteiger charge is -2.06. The summed E-state index contributed by atoms with van der Waals surface area (Å²) < 4.78 is 0. The van der Waals surface area contributed by atoms with Crippen LogP contribution in [0.25, 0.3) is 0 Å². The summed E-state index contributed by atoms with van der Waals surface area (Å²) in [6, 6.07) is 2.25. The van der Waals surface area contributed by atoms with E-state index < -0.39 is 10.9 Å². The molecular formula is C12H11N3O4S. The molecule has 0 spiro atoms. The van der Waals surface area contributed by atoms with Gasteiger partial charge in [0.2, 0.25) is 5.82 Å². The Morgan fingerprint density at radius 3 is 2.80 bits per heavy atom. The Bertz CT molecular complexity index is 668. The number of rotatable bonds is 5. The zero-order chi connectivity index (χ0) is 14.7. The summed E-state index contributed by atoms with van der Waals surface area (Å²) >= 11 is 1.53. The average Bonchev–Trinajstić information content (AvgIpc) is 2.81. The monoisotopic (exact) mass is 293 g/mol. The lowest BCUT2D eigenvalue weighted by molar-refractivity contribution is -0.384. The number of aromatic nitrogens is 1. The summed E-state index contributed by atoms with van der Waals surface area (Å²) in [6.45, 7) is 2.29. The van der Waals surface area contributed by atoms with Gasteiger partial charge in [-0.25, -0.2) is 9.78 Å². The molecule has 0 fully saturated rings. The summed E-state index contributed by atoms with van der Waals surface area (Å²) in [7, 11) is 0.